The molecule has 258 valence electrons. The van der Waals surface area contributed by atoms with Crippen LogP contribution < -0.4 is 31.4 Å². The Bertz CT molecular complexity index is 1780. The number of hydrogen-bond donors (Lipinski definition) is 2. The lowest BCUT2D eigenvalue weighted by Gasteiger charge is -2.30. The normalized spacial score (nSPS) is 17.7. The van der Waals surface area contributed by atoms with E-state index in [2.05, 4.69) is 9.97 Å². The van der Waals surface area contributed by atoms with Gasteiger partial charge in [0.1, 0.15) is 28.5 Å². The summed E-state index contributed by atoms with van der Waals surface area (Å²) in [6.45, 7) is 1.06. The molecule has 2 aliphatic rings. The average Bonchev–Trinajstić information content (AvgIpc) is 3.50. The molecule has 13 nitrogen and oxygen atoms in total. The molecule has 0 aliphatic heterocycles. The van der Waals surface area contributed by atoms with E-state index in [9.17, 15) is 9.59 Å². The van der Waals surface area contributed by atoms with Crippen molar-refractivity contribution in [3.63, 3.8) is 0 Å². The average molecular weight is 682 g/mol. The van der Waals surface area contributed by atoms with Gasteiger partial charge in [-0.25, -0.2) is 19.3 Å². The number of halogens is 1. The van der Waals surface area contributed by atoms with Crippen LogP contribution in [0.4, 0.5) is 16.2 Å². The smallest absolute Gasteiger partial charge is 0.325 e. The van der Waals surface area contributed by atoms with E-state index < -0.39 is 6.03 Å². The first kappa shape index (κ1) is 35.0. The number of primary amides is 1. The number of fused-ring (bicyclic) bond motifs is 1. The van der Waals surface area contributed by atoms with Crippen LogP contribution in [-0.4, -0.2) is 65.7 Å². The molecule has 0 radical (unpaired) electrons. The van der Waals surface area contributed by atoms with Gasteiger partial charge in [0.25, 0.3) is 5.56 Å². The molecule has 2 fully saturated rings. The third kappa shape index (κ3) is 8.03. The number of nitrogens with two attached hydrogens (primary N) is 2. The summed E-state index contributed by atoms with van der Waals surface area (Å²) < 4.78 is 24.9. The van der Waals surface area contributed by atoms with Gasteiger partial charge in [0.15, 0.2) is 5.65 Å². The Morgan fingerprint density at radius 1 is 1.04 bits per heavy atom. The van der Waals surface area contributed by atoms with Gasteiger partial charge in [-0.15, -0.1) is 0 Å². The number of anilines is 2. The van der Waals surface area contributed by atoms with Gasteiger partial charge in [0.05, 0.1) is 44.4 Å². The van der Waals surface area contributed by atoms with E-state index in [1.165, 1.54) is 12.7 Å². The number of aromatic nitrogens is 4. The molecule has 2 aliphatic carbocycles. The van der Waals surface area contributed by atoms with Crippen LogP contribution >= 0.6 is 11.6 Å². The number of nitrogens with zero attached hydrogens (tertiary/aromatic N) is 5. The summed E-state index contributed by atoms with van der Waals surface area (Å²) in [5, 5.41) is 0.240. The largest absolute Gasteiger partial charge is 0.497 e. The Labute approximate surface area is 284 Å². The Kier molecular flexibility index (Phi) is 11.5. The van der Waals surface area contributed by atoms with Gasteiger partial charge in [-0.3, -0.25) is 4.79 Å². The molecule has 4 aromatic rings. The summed E-state index contributed by atoms with van der Waals surface area (Å²) in [6.07, 6.45) is 11.5. The fourth-order valence-corrected chi connectivity index (χ4v) is 6.25. The van der Waals surface area contributed by atoms with Crippen LogP contribution in [0, 0.1) is 0 Å². The number of rotatable bonds is 10. The summed E-state index contributed by atoms with van der Waals surface area (Å²) >= 11 is 6.13. The number of pyridine rings is 2. The van der Waals surface area contributed by atoms with Crippen molar-refractivity contribution in [3.8, 4) is 11.5 Å². The predicted octanol–water partition coefficient (Wildman–Crippen LogP) is 5.29. The van der Waals surface area contributed by atoms with Crippen molar-refractivity contribution < 1.29 is 23.7 Å². The van der Waals surface area contributed by atoms with Crippen molar-refractivity contribution in [1.29, 1.82) is 0 Å². The molecule has 4 N–H and O–H groups in total. The zero-order valence-corrected chi connectivity index (χ0v) is 28.6. The predicted molar refractivity (Wildman–Crippen MR) is 185 cm³/mol. The molecule has 0 spiro atoms. The first-order valence-electron chi connectivity index (χ1n) is 16.0. The van der Waals surface area contributed by atoms with Crippen molar-refractivity contribution in [2.45, 2.75) is 76.3 Å². The van der Waals surface area contributed by atoms with Crippen molar-refractivity contribution in [3.05, 3.63) is 69.5 Å². The number of carbonyl (C=O) groups excluding carboxylic acids is 1. The monoisotopic (exact) mass is 681 g/mol. The second kappa shape index (κ2) is 15.7. The molecule has 14 heteroatoms. The fraction of sp³-hybridized carbons (Fsp3) is 0.471. The highest BCUT2D eigenvalue weighted by atomic mass is 35.5. The summed E-state index contributed by atoms with van der Waals surface area (Å²) in [4.78, 5) is 34.2. The number of amides is 1. The van der Waals surface area contributed by atoms with Crippen molar-refractivity contribution in [2.75, 3.05) is 39.0 Å². The molecule has 0 unspecified atom stereocenters. The number of hydrogen-bond acceptors (Lipinski definition) is 10. The quantitative estimate of drug-likeness (QED) is 0.210. The number of carbonyl (C=O) groups is 1. The van der Waals surface area contributed by atoms with Crippen molar-refractivity contribution in [1.82, 2.24) is 19.1 Å². The van der Waals surface area contributed by atoms with Crippen LogP contribution in [0.3, 0.4) is 0 Å². The standard InChI is InChI=1S/C17H18ClN5O3.C17H26N2O3/c1-22(8-10-4-5-11(25-2)6-13(10)26-3)12-7-14(18)21-16-15(12)20-9-23(16)17(19)24;1-21-14-7-5-13(6-8-14)19-10-12(9-16(18)17(19)20)11-22-15-3-2-4-15/h4-7,9H,8H2,1-3H3,(H2,19,24);9-10,13-15H,2-8,11,18H2,1H3. The topological polar surface area (TPSA) is 162 Å². The molecule has 1 aromatic carbocycles. The van der Waals surface area contributed by atoms with Gasteiger partial charge in [-0.1, -0.05) is 11.6 Å². The van der Waals surface area contributed by atoms with E-state index in [0.29, 0.717) is 53.7 Å². The van der Waals surface area contributed by atoms with E-state index in [4.69, 9.17) is 42.0 Å². The van der Waals surface area contributed by atoms with Gasteiger partial charge >= 0.3 is 6.03 Å². The van der Waals surface area contributed by atoms with Crippen LogP contribution in [0.25, 0.3) is 11.2 Å². The summed E-state index contributed by atoms with van der Waals surface area (Å²) in [5.74, 6) is 1.41. The lowest BCUT2D eigenvalue weighted by molar-refractivity contribution is -0.00897. The third-order valence-corrected chi connectivity index (χ3v) is 9.23. The first-order valence-corrected chi connectivity index (χ1v) is 16.4. The molecule has 2 saturated carbocycles. The maximum atomic E-state index is 12.3. The van der Waals surface area contributed by atoms with Crippen LogP contribution in [0.2, 0.25) is 5.15 Å². The SMILES string of the molecule is COC1CCC(n2cc(COC3CCC3)cc(N)c2=O)CC1.COc1ccc(CN(C)c2cc(Cl)nc3c2ncn3C(N)=O)c(OC)c1. The number of ether oxygens (including phenoxy) is 4. The van der Waals surface area contributed by atoms with E-state index >= 15 is 0 Å². The maximum absolute atomic E-state index is 12.3. The number of nitrogen functional groups attached to an aromatic ring is 1. The summed E-state index contributed by atoms with van der Waals surface area (Å²) in [7, 11) is 6.85. The minimum atomic E-state index is -0.673. The highest BCUT2D eigenvalue weighted by Crippen LogP contribution is 2.32. The number of benzene rings is 1. The fourth-order valence-electron chi connectivity index (χ4n) is 6.07. The molecule has 0 saturated heterocycles. The molecular weight excluding hydrogens is 638 g/mol. The van der Waals surface area contributed by atoms with Crippen LogP contribution in [-0.2, 0) is 22.6 Å². The van der Waals surface area contributed by atoms with Crippen molar-refractivity contribution >= 4 is 40.2 Å². The second-order valence-corrected chi connectivity index (χ2v) is 12.6. The first-order chi connectivity index (χ1) is 23.1. The second-order valence-electron chi connectivity index (χ2n) is 12.2. The van der Waals surface area contributed by atoms with Gasteiger partial charge in [0.2, 0.25) is 0 Å². The lowest BCUT2D eigenvalue weighted by atomic mass is 9.92. The molecule has 6 rings (SSSR count). The minimum Gasteiger partial charge on any atom is -0.497 e. The maximum Gasteiger partial charge on any atom is 0.325 e. The van der Waals surface area contributed by atoms with Crippen LogP contribution in [0.5, 0.6) is 11.5 Å². The Balaban J connectivity index is 0.000000190. The van der Waals surface area contributed by atoms with Gasteiger partial charge in [-0.2, -0.15) is 0 Å². The third-order valence-electron chi connectivity index (χ3n) is 9.04. The molecule has 3 heterocycles. The molecular formula is C34H44ClN7O6. The summed E-state index contributed by atoms with van der Waals surface area (Å²) in [5.41, 5.74) is 15.0. The number of methoxy groups -OCH3 is 3. The summed E-state index contributed by atoms with van der Waals surface area (Å²) in [6, 6.07) is 8.62. The highest BCUT2D eigenvalue weighted by Gasteiger charge is 2.24. The Hall–Kier alpha value is -4.33. The molecule has 48 heavy (non-hydrogen) atoms. The molecule has 1 amide bonds. The van der Waals surface area contributed by atoms with Crippen LogP contribution in [0.1, 0.15) is 62.1 Å². The zero-order valence-electron chi connectivity index (χ0n) is 27.9. The van der Waals surface area contributed by atoms with E-state index in [1.807, 2.05) is 40.9 Å². The molecule has 0 atom stereocenters. The highest BCUT2D eigenvalue weighted by molar-refractivity contribution is 6.30. The van der Waals surface area contributed by atoms with E-state index in [1.54, 1.807) is 33.5 Å². The van der Waals surface area contributed by atoms with Crippen molar-refractivity contribution in [2.24, 2.45) is 5.73 Å². The minimum absolute atomic E-state index is 0.0757. The van der Waals surface area contributed by atoms with Gasteiger partial charge < -0.3 is 39.9 Å². The van der Waals surface area contributed by atoms with Gasteiger partial charge in [0, 0.05) is 50.6 Å². The van der Waals surface area contributed by atoms with E-state index in [-0.39, 0.29) is 16.8 Å². The lowest BCUT2D eigenvalue weighted by Crippen LogP contribution is -2.31. The number of imidazole rings is 1. The molecule has 0 bridgehead atoms. The Morgan fingerprint density at radius 2 is 1.79 bits per heavy atom. The van der Waals surface area contributed by atoms with Gasteiger partial charge in [-0.05, 0) is 68.7 Å². The zero-order chi connectivity index (χ0) is 34.4. The van der Waals surface area contributed by atoms with Crippen LogP contribution in [0.15, 0.2) is 47.7 Å². The molecule has 3 aromatic heterocycles. The van der Waals surface area contributed by atoms with E-state index in [0.717, 1.165) is 59.9 Å². The Morgan fingerprint density at radius 3 is 2.42 bits per heavy atom.